The first-order chi connectivity index (χ1) is 18.0. The second-order valence-corrected chi connectivity index (χ2v) is 12.3. The maximum absolute atomic E-state index is 12.3. The zero-order valence-corrected chi connectivity index (χ0v) is 24.1. The molecule has 38 heavy (non-hydrogen) atoms. The van der Waals surface area contributed by atoms with Gasteiger partial charge in [0.15, 0.2) is 5.82 Å². The lowest BCUT2D eigenvalue weighted by molar-refractivity contribution is 0.0199. The molecule has 7 nitrogen and oxygen atoms in total. The minimum Gasteiger partial charge on any atom is -0.444 e. The van der Waals surface area contributed by atoms with E-state index in [0.29, 0.717) is 13.1 Å². The van der Waals surface area contributed by atoms with Crippen LogP contribution in [0.3, 0.4) is 0 Å². The summed E-state index contributed by atoms with van der Waals surface area (Å²) in [5.74, 6) is 8.82. The van der Waals surface area contributed by atoms with Crippen LogP contribution < -0.4 is 0 Å². The number of ether oxygens (including phenoxy) is 1. The van der Waals surface area contributed by atoms with E-state index in [1.807, 2.05) is 27.7 Å². The van der Waals surface area contributed by atoms with E-state index in [1.165, 1.54) is 10.4 Å². The van der Waals surface area contributed by atoms with Crippen molar-refractivity contribution < 1.29 is 9.53 Å². The molecule has 2 aliphatic rings. The number of thiophene rings is 1. The molecule has 4 heterocycles. The predicted octanol–water partition coefficient (Wildman–Crippen LogP) is 6.16. The lowest BCUT2D eigenvalue weighted by Gasteiger charge is -2.31. The van der Waals surface area contributed by atoms with E-state index in [1.54, 1.807) is 16.2 Å². The first-order valence-corrected chi connectivity index (χ1v) is 14.0. The van der Waals surface area contributed by atoms with E-state index in [2.05, 4.69) is 71.6 Å². The summed E-state index contributed by atoms with van der Waals surface area (Å²) in [6.45, 7) is 15.4. The molecular formula is C30H35N5O2S. The average molecular weight is 530 g/mol. The summed E-state index contributed by atoms with van der Waals surface area (Å²) in [6.07, 6.45) is 1.49. The van der Waals surface area contributed by atoms with Crippen LogP contribution in [0.15, 0.2) is 29.3 Å². The molecule has 2 aliphatic heterocycles. The monoisotopic (exact) mass is 529 g/mol. The normalized spacial score (nSPS) is 17.6. The van der Waals surface area contributed by atoms with Crippen LogP contribution in [0.5, 0.6) is 0 Å². The summed E-state index contributed by atoms with van der Waals surface area (Å²) in [7, 11) is 0. The van der Waals surface area contributed by atoms with Crippen LogP contribution in [-0.4, -0.2) is 50.2 Å². The summed E-state index contributed by atoms with van der Waals surface area (Å²) in [5, 5.41) is 9.92. The topological polar surface area (TPSA) is 72.6 Å². The molecule has 0 N–H and O–H groups in total. The molecule has 1 saturated heterocycles. The van der Waals surface area contributed by atoms with Crippen LogP contribution in [0.25, 0.3) is 5.00 Å². The Hall–Kier alpha value is -3.44. The molecule has 5 rings (SSSR count). The number of aliphatic imine (C=N–C) groups is 1. The molecule has 0 unspecified atom stereocenters. The predicted molar refractivity (Wildman–Crippen MR) is 151 cm³/mol. The van der Waals surface area contributed by atoms with Crippen molar-refractivity contribution in [3.8, 4) is 16.8 Å². The Morgan fingerprint density at radius 2 is 1.76 bits per heavy atom. The maximum Gasteiger partial charge on any atom is 0.410 e. The summed E-state index contributed by atoms with van der Waals surface area (Å²) in [4.78, 5) is 20.5. The minimum atomic E-state index is -0.471. The number of fused-ring (bicyclic) bond motifs is 3. The molecule has 0 bridgehead atoms. The summed E-state index contributed by atoms with van der Waals surface area (Å²) >= 11 is 1.77. The van der Waals surface area contributed by atoms with Gasteiger partial charge >= 0.3 is 6.09 Å². The van der Waals surface area contributed by atoms with E-state index in [0.717, 1.165) is 51.9 Å². The Morgan fingerprint density at radius 3 is 2.42 bits per heavy atom. The highest BCUT2D eigenvalue weighted by Crippen LogP contribution is 2.38. The number of amides is 1. The zero-order valence-electron chi connectivity index (χ0n) is 23.3. The number of piperidine rings is 1. The van der Waals surface area contributed by atoms with Gasteiger partial charge in [-0.1, -0.05) is 24.0 Å². The van der Waals surface area contributed by atoms with Gasteiger partial charge in [-0.25, -0.2) is 4.79 Å². The lowest BCUT2D eigenvalue weighted by Crippen LogP contribution is -2.41. The number of hydrogen-bond acceptors (Lipinski definition) is 6. The number of rotatable bonds is 1. The molecule has 0 saturated carbocycles. The number of aromatic nitrogens is 3. The molecule has 1 amide bonds. The van der Waals surface area contributed by atoms with Crippen molar-refractivity contribution in [3.63, 3.8) is 0 Å². The number of aryl methyl sites for hydroxylation is 2. The zero-order chi connectivity index (χ0) is 27.2. The molecular weight excluding hydrogens is 494 g/mol. The van der Waals surface area contributed by atoms with Gasteiger partial charge in [-0.15, -0.1) is 21.5 Å². The highest BCUT2D eigenvalue weighted by atomic mass is 32.1. The molecule has 8 heteroatoms. The number of nitrogens with zero attached hydrogens (tertiary/aromatic N) is 5. The third-order valence-corrected chi connectivity index (χ3v) is 8.27. The highest BCUT2D eigenvalue weighted by molar-refractivity contribution is 7.15. The summed E-state index contributed by atoms with van der Waals surface area (Å²) in [5.41, 5.74) is 4.99. The van der Waals surface area contributed by atoms with Gasteiger partial charge in [0, 0.05) is 40.6 Å². The van der Waals surface area contributed by atoms with E-state index < -0.39 is 5.60 Å². The fourth-order valence-electron chi connectivity index (χ4n) is 4.91. The van der Waals surface area contributed by atoms with E-state index in [4.69, 9.17) is 9.73 Å². The van der Waals surface area contributed by atoms with Gasteiger partial charge in [0.2, 0.25) is 0 Å². The quantitative estimate of drug-likeness (QED) is 0.354. The fourth-order valence-corrected chi connectivity index (χ4v) is 6.12. The lowest BCUT2D eigenvalue weighted by atomic mass is 9.96. The molecule has 0 spiro atoms. The van der Waals surface area contributed by atoms with Crippen LogP contribution in [0.2, 0.25) is 0 Å². The van der Waals surface area contributed by atoms with E-state index in [9.17, 15) is 4.79 Å². The van der Waals surface area contributed by atoms with E-state index in [-0.39, 0.29) is 18.1 Å². The van der Waals surface area contributed by atoms with Crippen molar-refractivity contribution in [3.05, 3.63) is 63.0 Å². The van der Waals surface area contributed by atoms with Crippen LogP contribution in [0.4, 0.5) is 4.79 Å². The number of carbonyl (C=O) groups is 1. The van der Waals surface area contributed by atoms with Gasteiger partial charge in [-0.05, 0) is 79.0 Å². The Kier molecular flexibility index (Phi) is 6.91. The van der Waals surface area contributed by atoms with Crippen LogP contribution >= 0.6 is 11.3 Å². The largest absolute Gasteiger partial charge is 0.444 e. The summed E-state index contributed by atoms with van der Waals surface area (Å²) in [6, 6.07) is 8.30. The SMILES string of the molecule is Cc1sc2c(c1C)C(c1ccc(C#CC3CCN(C(=O)OC(C)(C)C)CC3)cc1)=N[C@@H](C)c1nnc(C)n1-2. The molecule has 3 aromatic rings. The molecule has 1 atom stereocenters. The molecule has 198 valence electrons. The average Bonchev–Trinajstić information content (AvgIpc) is 3.35. The third-order valence-electron chi connectivity index (χ3n) is 7.08. The second kappa shape index (κ2) is 10.0. The first kappa shape index (κ1) is 26.2. The molecule has 0 aliphatic carbocycles. The van der Waals surface area contributed by atoms with Crippen LogP contribution in [-0.2, 0) is 4.74 Å². The van der Waals surface area contributed by atoms with Crippen molar-refractivity contribution in [2.75, 3.05) is 13.1 Å². The Morgan fingerprint density at radius 1 is 1.08 bits per heavy atom. The maximum atomic E-state index is 12.3. The van der Waals surface area contributed by atoms with Crippen molar-refractivity contribution >= 4 is 23.1 Å². The first-order valence-electron chi connectivity index (χ1n) is 13.2. The van der Waals surface area contributed by atoms with Crippen molar-refractivity contribution in [2.24, 2.45) is 10.9 Å². The molecule has 1 aromatic carbocycles. The Balaban J connectivity index is 1.33. The molecule has 0 radical (unpaired) electrons. The van der Waals surface area contributed by atoms with Gasteiger partial charge in [-0.2, -0.15) is 0 Å². The minimum absolute atomic E-state index is 0.100. The van der Waals surface area contributed by atoms with Crippen molar-refractivity contribution in [1.29, 1.82) is 0 Å². The Bertz CT molecular complexity index is 1460. The number of carbonyl (C=O) groups excluding carboxylic acids is 1. The van der Waals surface area contributed by atoms with Gasteiger partial charge in [0.1, 0.15) is 22.5 Å². The van der Waals surface area contributed by atoms with Crippen molar-refractivity contribution in [2.45, 2.75) is 73.0 Å². The fraction of sp³-hybridized carbons (Fsp3) is 0.467. The Labute approximate surface area is 228 Å². The summed E-state index contributed by atoms with van der Waals surface area (Å²) < 4.78 is 7.66. The smallest absolute Gasteiger partial charge is 0.410 e. The van der Waals surface area contributed by atoms with Crippen LogP contribution in [0.1, 0.15) is 85.4 Å². The number of hydrogen-bond donors (Lipinski definition) is 0. The second-order valence-electron chi connectivity index (χ2n) is 11.1. The third kappa shape index (κ3) is 5.12. The van der Waals surface area contributed by atoms with Crippen molar-refractivity contribution in [1.82, 2.24) is 19.7 Å². The molecule has 1 fully saturated rings. The van der Waals surface area contributed by atoms with E-state index >= 15 is 0 Å². The number of benzene rings is 1. The van der Waals surface area contributed by atoms with Gasteiger partial charge < -0.3 is 9.64 Å². The number of likely N-dealkylation sites (tertiary alicyclic amines) is 1. The standard InChI is InChI=1S/C30H35N5O2S/c1-18-20(3)38-28-25(18)26(31-19(2)27-33-32-21(4)35(27)28)24-12-10-22(11-13-24)8-9-23-14-16-34(17-15-23)29(36)37-30(5,6)7/h10-13,19,23H,14-17H2,1-7H3/t19-/m0/s1. The molecule has 2 aromatic heterocycles. The van der Waals surface area contributed by atoms with Gasteiger partial charge in [0.05, 0.1) is 5.71 Å². The highest BCUT2D eigenvalue weighted by Gasteiger charge is 2.29. The van der Waals surface area contributed by atoms with Gasteiger partial charge in [0.25, 0.3) is 0 Å². The van der Waals surface area contributed by atoms with Crippen LogP contribution in [0, 0.1) is 38.5 Å². The van der Waals surface area contributed by atoms with Gasteiger partial charge in [-0.3, -0.25) is 9.56 Å².